The van der Waals surface area contributed by atoms with Gasteiger partial charge in [-0.1, -0.05) is 0 Å². The zero-order chi connectivity index (χ0) is 10.9. The standard InChI is InChI=1S/C8H12F3N3/c1-13-6-4-14(2)7(3-5(6)12)8(9,10)11/h3-4,7,13H,12H2,1-2H3. The molecule has 1 aliphatic rings. The van der Waals surface area contributed by atoms with Gasteiger partial charge in [-0.25, -0.2) is 0 Å². The Morgan fingerprint density at radius 3 is 2.50 bits per heavy atom. The summed E-state index contributed by atoms with van der Waals surface area (Å²) in [4.78, 5) is 1.07. The fourth-order valence-electron chi connectivity index (χ4n) is 1.27. The zero-order valence-corrected chi connectivity index (χ0v) is 7.89. The van der Waals surface area contributed by atoms with Crippen molar-refractivity contribution >= 4 is 0 Å². The van der Waals surface area contributed by atoms with Crippen LogP contribution in [0.5, 0.6) is 0 Å². The molecule has 0 aliphatic carbocycles. The van der Waals surface area contributed by atoms with Gasteiger partial charge in [-0.3, -0.25) is 0 Å². The lowest BCUT2D eigenvalue weighted by atomic mass is 10.1. The van der Waals surface area contributed by atoms with Gasteiger partial charge in [-0.15, -0.1) is 0 Å². The summed E-state index contributed by atoms with van der Waals surface area (Å²) < 4.78 is 37.2. The number of halogens is 3. The lowest BCUT2D eigenvalue weighted by molar-refractivity contribution is -0.161. The molecule has 6 heteroatoms. The topological polar surface area (TPSA) is 41.3 Å². The van der Waals surface area contributed by atoms with E-state index in [0.717, 1.165) is 11.0 Å². The molecule has 80 valence electrons. The quantitative estimate of drug-likeness (QED) is 0.667. The molecule has 3 nitrogen and oxygen atoms in total. The minimum atomic E-state index is -4.30. The van der Waals surface area contributed by atoms with E-state index in [2.05, 4.69) is 5.32 Å². The van der Waals surface area contributed by atoms with Gasteiger partial charge in [0.25, 0.3) is 0 Å². The van der Waals surface area contributed by atoms with Crippen molar-refractivity contribution in [3.8, 4) is 0 Å². The summed E-state index contributed by atoms with van der Waals surface area (Å²) in [5.41, 5.74) is 6.05. The van der Waals surface area contributed by atoms with Gasteiger partial charge in [0.15, 0.2) is 0 Å². The summed E-state index contributed by atoms with van der Waals surface area (Å²) in [6.45, 7) is 0. The van der Waals surface area contributed by atoms with Gasteiger partial charge in [0, 0.05) is 20.3 Å². The van der Waals surface area contributed by atoms with Gasteiger partial charge < -0.3 is 16.0 Å². The van der Waals surface area contributed by atoms with E-state index < -0.39 is 12.2 Å². The lowest BCUT2D eigenvalue weighted by Gasteiger charge is -2.31. The highest BCUT2D eigenvalue weighted by molar-refractivity contribution is 5.31. The molecule has 0 saturated heterocycles. The summed E-state index contributed by atoms with van der Waals surface area (Å²) in [6, 6.07) is -1.64. The second kappa shape index (κ2) is 3.43. The third-order valence-corrected chi connectivity index (χ3v) is 2.02. The molecule has 0 amide bonds. The van der Waals surface area contributed by atoms with Crippen LogP contribution < -0.4 is 11.1 Å². The molecule has 0 bridgehead atoms. The maximum Gasteiger partial charge on any atom is 0.412 e. The number of hydrogen-bond donors (Lipinski definition) is 2. The number of likely N-dealkylation sites (N-methyl/N-ethyl adjacent to an activating group) is 2. The van der Waals surface area contributed by atoms with Crippen molar-refractivity contribution < 1.29 is 13.2 Å². The molecule has 0 spiro atoms. The van der Waals surface area contributed by atoms with Crippen LogP contribution >= 0.6 is 0 Å². The van der Waals surface area contributed by atoms with Crippen LogP contribution in [0.25, 0.3) is 0 Å². The first-order valence-electron chi connectivity index (χ1n) is 4.02. The largest absolute Gasteiger partial charge is 0.412 e. The summed E-state index contributed by atoms with van der Waals surface area (Å²) in [7, 11) is 2.97. The summed E-state index contributed by atoms with van der Waals surface area (Å²) in [5.74, 6) is 0. The van der Waals surface area contributed by atoms with E-state index in [4.69, 9.17) is 5.73 Å². The number of hydrogen-bond acceptors (Lipinski definition) is 3. The van der Waals surface area contributed by atoms with Gasteiger partial charge in [0.05, 0.1) is 11.4 Å². The van der Waals surface area contributed by atoms with Crippen LogP contribution in [-0.4, -0.2) is 31.2 Å². The van der Waals surface area contributed by atoms with E-state index >= 15 is 0 Å². The molecule has 0 aromatic heterocycles. The maximum atomic E-state index is 12.4. The third-order valence-electron chi connectivity index (χ3n) is 2.02. The summed E-state index contributed by atoms with van der Waals surface area (Å²) in [6.07, 6.45) is -1.96. The van der Waals surface area contributed by atoms with Crippen LogP contribution in [0.15, 0.2) is 23.7 Å². The zero-order valence-electron chi connectivity index (χ0n) is 7.89. The highest BCUT2D eigenvalue weighted by atomic mass is 19.4. The van der Waals surface area contributed by atoms with Crippen LogP contribution in [0.4, 0.5) is 13.2 Å². The molecule has 0 aromatic rings. The van der Waals surface area contributed by atoms with Gasteiger partial charge >= 0.3 is 6.18 Å². The van der Waals surface area contributed by atoms with E-state index in [-0.39, 0.29) is 5.70 Å². The maximum absolute atomic E-state index is 12.4. The molecular weight excluding hydrogens is 195 g/mol. The second-order valence-electron chi connectivity index (χ2n) is 3.07. The van der Waals surface area contributed by atoms with E-state index in [0.29, 0.717) is 5.70 Å². The predicted octanol–water partition coefficient (Wildman–Crippen LogP) is 0.766. The number of rotatable bonds is 1. The number of alkyl halides is 3. The van der Waals surface area contributed by atoms with Crippen LogP contribution in [0.2, 0.25) is 0 Å². The minimum Gasteiger partial charge on any atom is -0.397 e. The molecule has 1 rings (SSSR count). The Balaban J connectivity index is 2.94. The molecule has 1 aliphatic heterocycles. The monoisotopic (exact) mass is 207 g/mol. The van der Waals surface area contributed by atoms with E-state index in [1.54, 1.807) is 7.05 Å². The van der Waals surface area contributed by atoms with Crippen LogP contribution in [0, 0.1) is 0 Å². The van der Waals surface area contributed by atoms with Gasteiger partial charge in [0.1, 0.15) is 6.04 Å². The highest BCUT2D eigenvalue weighted by Gasteiger charge is 2.42. The Hall–Kier alpha value is -1.33. The average molecular weight is 207 g/mol. The summed E-state index contributed by atoms with van der Waals surface area (Å²) in [5, 5.41) is 2.71. The fraction of sp³-hybridized carbons (Fsp3) is 0.500. The van der Waals surface area contributed by atoms with Crippen LogP contribution in [0.1, 0.15) is 0 Å². The SMILES string of the molecule is CNC1=CN(C)C(C(F)(F)F)C=C1N. The molecule has 14 heavy (non-hydrogen) atoms. The van der Waals surface area contributed by atoms with Crippen molar-refractivity contribution in [1.82, 2.24) is 10.2 Å². The molecule has 0 radical (unpaired) electrons. The number of nitrogens with one attached hydrogen (secondary N) is 1. The molecule has 3 N–H and O–H groups in total. The van der Waals surface area contributed by atoms with E-state index in [9.17, 15) is 13.2 Å². The predicted molar refractivity (Wildman–Crippen MR) is 47.0 cm³/mol. The highest BCUT2D eigenvalue weighted by Crippen LogP contribution is 2.28. The van der Waals surface area contributed by atoms with Crippen molar-refractivity contribution in [3.63, 3.8) is 0 Å². The first-order valence-corrected chi connectivity index (χ1v) is 4.02. The Morgan fingerprint density at radius 1 is 1.50 bits per heavy atom. The van der Waals surface area contributed by atoms with Crippen molar-refractivity contribution in [2.75, 3.05) is 14.1 Å². The van der Waals surface area contributed by atoms with Crippen LogP contribution in [-0.2, 0) is 0 Å². The molecule has 0 saturated carbocycles. The summed E-state index contributed by atoms with van der Waals surface area (Å²) >= 11 is 0. The van der Waals surface area contributed by atoms with Crippen molar-refractivity contribution in [2.45, 2.75) is 12.2 Å². The van der Waals surface area contributed by atoms with E-state index in [1.165, 1.54) is 13.2 Å². The normalized spacial score (nSPS) is 22.9. The average Bonchev–Trinajstić information content (AvgIpc) is 2.06. The molecule has 0 aromatic carbocycles. The Morgan fingerprint density at radius 2 is 2.07 bits per heavy atom. The Labute approximate surface area is 80.1 Å². The lowest BCUT2D eigenvalue weighted by Crippen LogP contribution is -2.43. The Bertz CT molecular complexity index is 280. The van der Waals surface area contributed by atoms with Crippen LogP contribution in [0.3, 0.4) is 0 Å². The molecule has 1 unspecified atom stereocenters. The molecule has 0 fully saturated rings. The first-order chi connectivity index (χ1) is 6.36. The fourth-order valence-corrected chi connectivity index (χ4v) is 1.27. The smallest absolute Gasteiger partial charge is 0.397 e. The van der Waals surface area contributed by atoms with Crippen molar-refractivity contribution in [3.05, 3.63) is 23.7 Å². The van der Waals surface area contributed by atoms with Gasteiger partial charge in [-0.2, -0.15) is 13.2 Å². The molecule has 1 atom stereocenters. The van der Waals surface area contributed by atoms with Crippen molar-refractivity contribution in [2.24, 2.45) is 5.73 Å². The molecule has 1 heterocycles. The number of nitrogens with two attached hydrogens (primary N) is 1. The molecular formula is C8H12F3N3. The number of nitrogens with zero attached hydrogens (tertiary/aromatic N) is 1. The minimum absolute atomic E-state index is 0.118. The Kier molecular flexibility index (Phi) is 2.64. The van der Waals surface area contributed by atoms with Gasteiger partial charge in [0.2, 0.25) is 0 Å². The second-order valence-corrected chi connectivity index (χ2v) is 3.07. The van der Waals surface area contributed by atoms with Gasteiger partial charge in [-0.05, 0) is 6.08 Å². The first kappa shape index (κ1) is 10.7. The van der Waals surface area contributed by atoms with E-state index in [1.807, 2.05) is 0 Å². The van der Waals surface area contributed by atoms with Crippen molar-refractivity contribution in [1.29, 1.82) is 0 Å². The third kappa shape index (κ3) is 1.94.